The number of hydrogen-bond acceptors (Lipinski definition) is 5. The Labute approximate surface area is 107 Å². The second-order valence-corrected chi connectivity index (χ2v) is 4.68. The van der Waals surface area contributed by atoms with Crippen LogP contribution in [0.2, 0.25) is 0 Å². The number of rotatable bonds is 4. The Morgan fingerprint density at radius 1 is 1.33 bits per heavy atom. The molecule has 2 aromatic rings. The van der Waals surface area contributed by atoms with Gasteiger partial charge in [-0.05, 0) is 30.7 Å². The van der Waals surface area contributed by atoms with Crippen LogP contribution >= 0.6 is 11.3 Å². The van der Waals surface area contributed by atoms with E-state index in [2.05, 4.69) is 0 Å². The third-order valence-corrected chi connectivity index (χ3v) is 3.13. The van der Waals surface area contributed by atoms with E-state index in [-0.39, 0.29) is 11.4 Å². The van der Waals surface area contributed by atoms with Gasteiger partial charge in [-0.3, -0.25) is 14.9 Å². The fourth-order valence-electron chi connectivity index (χ4n) is 1.42. The summed E-state index contributed by atoms with van der Waals surface area (Å²) in [4.78, 5) is 21.5. The van der Waals surface area contributed by atoms with Gasteiger partial charge in [0, 0.05) is 6.07 Å². The van der Waals surface area contributed by atoms with Gasteiger partial charge >= 0.3 is 5.69 Å². The number of nitrogens with zero attached hydrogens (tertiary/aromatic N) is 1. The minimum absolute atomic E-state index is 0.0870. The first kappa shape index (κ1) is 12.3. The maximum atomic E-state index is 10.9. The largest absolute Gasteiger partial charge is 0.439 e. The molecule has 6 heteroatoms. The number of aldehydes is 1. The molecular formula is C12H9NO4S. The molecule has 0 unspecified atom stereocenters. The maximum absolute atomic E-state index is 10.9. The highest BCUT2D eigenvalue weighted by molar-refractivity contribution is 7.15. The summed E-state index contributed by atoms with van der Waals surface area (Å²) in [5, 5.41) is 11.3. The maximum Gasteiger partial charge on any atom is 0.311 e. The predicted octanol–water partition coefficient (Wildman–Crippen LogP) is 3.57. The Kier molecular flexibility index (Phi) is 3.38. The summed E-state index contributed by atoms with van der Waals surface area (Å²) in [6, 6.07) is 7.94. The number of hydrogen-bond donors (Lipinski definition) is 0. The number of nitro groups is 1. The zero-order chi connectivity index (χ0) is 13.1. The van der Waals surface area contributed by atoms with E-state index in [4.69, 9.17) is 4.74 Å². The Morgan fingerprint density at radius 3 is 2.72 bits per heavy atom. The van der Waals surface area contributed by atoms with Gasteiger partial charge in [-0.1, -0.05) is 17.4 Å². The highest BCUT2D eigenvalue weighted by Crippen LogP contribution is 2.34. The van der Waals surface area contributed by atoms with Crippen LogP contribution in [0, 0.1) is 17.0 Å². The number of carbonyl (C=O) groups is 1. The summed E-state index contributed by atoms with van der Waals surface area (Å²) in [5.74, 6) is 0.171. The van der Waals surface area contributed by atoms with Crippen LogP contribution in [0.1, 0.15) is 15.2 Å². The van der Waals surface area contributed by atoms with Crippen LogP contribution in [0.3, 0.4) is 0 Å². The van der Waals surface area contributed by atoms with E-state index in [1.807, 2.05) is 0 Å². The van der Waals surface area contributed by atoms with E-state index in [1.165, 1.54) is 6.07 Å². The molecule has 0 aliphatic rings. The van der Waals surface area contributed by atoms with Crippen molar-refractivity contribution in [3.8, 4) is 10.8 Å². The molecule has 0 aliphatic carbocycles. The van der Waals surface area contributed by atoms with E-state index in [9.17, 15) is 14.9 Å². The first-order valence-corrected chi connectivity index (χ1v) is 5.89. The van der Waals surface area contributed by atoms with Crippen molar-refractivity contribution in [3.05, 3.63) is 50.9 Å². The molecule has 0 atom stereocenters. The lowest BCUT2D eigenvalue weighted by atomic mass is 10.2. The van der Waals surface area contributed by atoms with Crippen LogP contribution in [0.15, 0.2) is 30.3 Å². The van der Waals surface area contributed by atoms with E-state index >= 15 is 0 Å². The van der Waals surface area contributed by atoms with Crippen molar-refractivity contribution in [3.63, 3.8) is 0 Å². The van der Waals surface area contributed by atoms with Crippen LogP contribution in [0.4, 0.5) is 5.69 Å². The lowest BCUT2D eigenvalue weighted by Crippen LogP contribution is -1.93. The van der Waals surface area contributed by atoms with Gasteiger partial charge in [0.25, 0.3) is 0 Å². The number of aryl methyl sites for hydroxylation is 1. The normalized spacial score (nSPS) is 10.1. The molecule has 0 fully saturated rings. The van der Waals surface area contributed by atoms with Crippen molar-refractivity contribution in [2.45, 2.75) is 6.92 Å². The Morgan fingerprint density at radius 2 is 2.11 bits per heavy atom. The van der Waals surface area contributed by atoms with Gasteiger partial charge in [0.2, 0.25) is 5.75 Å². The van der Waals surface area contributed by atoms with Gasteiger partial charge < -0.3 is 4.74 Å². The molecule has 0 saturated carbocycles. The Hall–Kier alpha value is -2.21. The van der Waals surface area contributed by atoms with Crippen molar-refractivity contribution in [1.29, 1.82) is 0 Å². The quantitative estimate of drug-likeness (QED) is 0.480. The molecule has 92 valence electrons. The van der Waals surface area contributed by atoms with E-state index in [0.29, 0.717) is 16.2 Å². The second-order valence-electron chi connectivity index (χ2n) is 3.61. The number of nitro benzene ring substituents is 1. The number of ether oxygens (including phenoxy) is 1. The third-order valence-electron chi connectivity index (χ3n) is 2.24. The minimum Gasteiger partial charge on any atom is -0.439 e. The highest BCUT2D eigenvalue weighted by atomic mass is 32.1. The summed E-state index contributed by atoms with van der Waals surface area (Å²) < 4.78 is 5.43. The van der Waals surface area contributed by atoms with Gasteiger partial charge in [0.1, 0.15) is 0 Å². The molecule has 0 saturated heterocycles. The molecule has 1 heterocycles. The smallest absolute Gasteiger partial charge is 0.311 e. The molecule has 0 bridgehead atoms. The second kappa shape index (κ2) is 4.97. The number of benzene rings is 1. The van der Waals surface area contributed by atoms with Crippen molar-refractivity contribution >= 4 is 23.3 Å². The zero-order valence-corrected chi connectivity index (χ0v) is 10.3. The van der Waals surface area contributed by atoms with Crippen LogP contribution in [-0.4, -0.2) is 11.2 Å². The summed E-state index contributed by atoms with van der Waals surface area (Å²) >= 11 is 1.14. The van der Waals surface area contributed by atoms with Crippen molar-refractivity contribution < 1.29 is 14.5 Å². The van der Waals surface area contributed by atoms with Gasteiger partial charge in [0.15, 0.2) is 11.3 Å². The van der Waals surface area contributed by atoms with Crippen LogP contribution in [0.5, 0.6) is 10.8 Å². The van der Waals surface area contributed by atoms with Gasteiger partial charge in [-0.25, -0.2) is 0 Å². The highest BCUT2D eigenvalue weighted by Gasteiger charge is 2.16. The number of thiophene rings is 1. The van der Waals surface area contributed by atoms with Crippen molar-refractivity contribution in [2.75, 3.05) is 0 Å². The fraction of sp³-hybridized carbons (Fsp3) is 0.0833. The number of carbonyl (C=O) groups excluding carboxylic acids is 1. The van der Waals surface area contributed by atoms with Gasteiger partial charge in [-0.2, -0.15) is 0 Å². The molecule has 0 amide bonds. The molecule has 1 aromatic carbocycles. The molecule has 0 radical (unpaired) electrons. The van der Waals surface area contributed by atoms with E-state index < -0.39 is 4.92 Å². The zero-order valence-electron chi connectivity index (χ0n) is 9.45. The standard InChI is InChI=1S/C12H9NO4S/c1-8-2-4-11(10(6-8)13(15)16)17-12-5-3-9(7-14)18-12/h2-7H,1H3. The molecular weight excluding hydrogens is 254 g/mol. The van der Waals surface area contributed by atoms with Crippen molar-refractivity contribution in [2.24, 2.45) is 0 Å². The van der Waals surface area contributed by atoms with Crippen LogP contribution < -0.4 is 4.74 Å². The first-order valence-electron chi connectivity index (χ1n) is 5.08. The van der Waals surface area contributed by atoms with Crippen LogP contribution in [0.25, 0.3) is 0 Å². The SMILES string of the molecule is Cc1ccc(Oc2ccc(C=O)s2)c([N+](=O)[O-])c1. The van der Waals surface area contributed by atoms with E-state index in [0.717, 1.165) is 16.9 Å². The monoisotopic (exact) mass is 263 g/mol. The summed E-state index contributed by atoms with van der Waals surface area (Å²) in [6.45, 7) is 1.77. The van der Waals surface area contributed by atoms with Crippen LogP contribution in [-0.2, 0) is 0 Å². The summed E-state index contributed by atoms with van der Waals surface area (Å²) in [7, 11) is 0. The summed E-state index contributed by atoms with van der Waals surface area (Å²) in [5.41, 5.74) is 0.699. The first-order chi connectivity index (χ1) is 8.60. The van der Waals surface area contributed by atoms with E-state index in [1.54, 1.807) is 31.2 Å². The lowest BCUT2D eigenvalue weighted by Gasteiger charge is -2.04. The molecule has 2 rings (SSSR count). The third kappa shape index (κ3) is 2.54. The lowest BCUT2D eigenvalue weighted by molar-refractivity contribution is -0.385. The van der Waals surface area contributed by atoms with Gasteiger partial charge in [-0.15, -0.1) is 0 Å². The molecule has 18 heavy (non-hydrogen) atoms. The van der Waals surface area contributed by atoms with Crippen molar-refractivity contribution in [1.82, 2.24) is 0 Å². The Bertz CT molecular complexity index is 606. The van der Waals surface area contributed by atoms with Gasteiger partial charge in [0.05, 0.1) is 9.80 Å². The topological polar surface area (TPSA) is 69.4 Å². The average molecular weight is 263 g/mol. The summed E-state index contributed by atoms with van der Waals surface area (Å²) in [6.07, 6.45) is 0.709. The molecule has 1 aromatic heterocycles. The molecule has 0 spiro atoms. The average Bonchev–Trinajstić information content (AvgIpc) is 2.79. The fourth-order valence-corrected chi connectivity index (χ4v) is 2.10. The molecule has 5 nitrogen and oxygen atoms in total. The minimum atomic E-state index is -0.490. The predicted molar refractivity (Wildman–Crippen MR) is 67.6 cm³/mol. The molecule has 0 N–H and O–H groups in total. The molecule has 0 aliphatic heterocycles. The Balaban J connectivity index is 2.33.